The first-order valence-corrected chi connectivity index (χ1v) is 6.30. The van der Waals surface area contributed by atoms with Crippen LogP contribution in [0.3, 0.4) is 0 Å². The summed E-state index contributed by atoms with van der Waals surface area (Å²) in [7, 11) is 1.75. The molecule has 8 nitrogen and oxygen atoms in total. The van der Waals surface area contributed by atoms with E-state index in [1.807, 2.05) is 0 Å². The minimum atomic E-state index is 0.204. The average molecular weight is 261 g/mol. The summed E-state index contributed by atoms with van der Waals surface area (Å²) in [6.07, 6.45) is 7.68. The standard InChI is InChI=1S/C11H15N7O/c1-12-9-15-10(18-7-13-6-14-18)17-11(16-9)19-8-4-2-3-5-8/h6-8H,2-5H2,1H3,(H,12,15,16,17). The Kier molecular flexibility index (Phi) is 3.21. The van der Waals surface area contributed by atoms with Gasteiger partial charge in [-0.25, -0.2) is 4.98 Å². The molecule has 2 aromatic heterocycles. The summed E-state index contributed by atoms with van der Waals surface area (Å²) in [5.74, 6) is 0.846. The van der Waals surface area contributed by atoms with Crippen LogP contribution in [-0.4, -0.2) is 42.9 Å². The Labute approximate surface area is 110 Å². The van der Waals surface area contributed by atoms with Crippen molar-refractivity contribution in [3.8, 4) is 12.0 Å². The van der Waals surface area contributed by atoms with Crippen molar-refractivity contribution in [1.29, 1.82) is 0 Å². The van der Waals surface area contributed by atoms with Gasteiger partial charge in [-0.05, 0) is 25.7 Å². The molecule has 0 aromatic carbocycles. The Morgan fingerprint density at radius 2 is 2.11 bits per heavy atom. The molecule has 0 atom stereocenters. The summed E-state index contributed by atoms with van der Waals surface area (Å²) < 4.78 is 7.27. The number of anilines is 1. The van der Waals surface area contributed by atoms with Gasteiger partial charge in [0.25, 0.3) is 5.95 Å². The van der Waals surface area contributed by atoms with Gasteiger partial charge in [0.1, 0.15) is 18.8 Å². The highest BCUT2D eigenvalue weighted by Crippen LogP contribution is 2.22. The second kappa shape index (κ2) is 5.17. The van der Waals surface area contributed by atoms with E-state index >= 15 is 0 Å². The van der Waals surface area contributed by atoms with Crippen molar-refractivity contribution < 1.29 is 4.74 Å². The summed E-state index contributed by atoms with van der Waals surface area (Å²) in [5, 5.41) is 6.90. The van der Waals surface area contributed by atoms with Gasteiger partial charge in [-0.15, -0.1) is 0 Å². The maximum Gasteiger partial charge on any atom is 0.323 e. The van der Waals surface area contributed by atoms with Gasteiger partial charge < -0.3 is 10.1 Å². The van der Waals surface area contributed by atoms with Gasteiger partial charge in [0.15, 0.2) is 0 Å². The number of ether oxygens (including phenoxy) is 1. The van der Waals surface area contributed by atoms with E-state index in [1.165, 1.54) is 30.2 Å². The fourth-order valence-corrected chi connectivity index (χ4v) is 2.08. The van der Waals surface area contributed by atoms with Crippen LogP contribution in [0.1, 0.15) is 25.7 Å². The zero-order valence-electron chi connectivity index (χ0n) is 10.7. The van der Waals surface area contributed by atoms with Crippen molar-refractivity contribution in [3.63, 3.8) is 0 Å². The van der Waals surface area contributed by atoms with Crippen LogP contribution >= 0.6 is 0 Å². The summed E-state index contributed by atoms with van der Waals surface area (Å²) in [5.41, 5.74) is 0. The molecule has 8 heteroatoms. The third-order valence-corrected chi connectivity index (χ3v) is 3.02. The number of nitrogens with zero attached hydrogens (tertiary/aromatic N) is 6. The summed E-state index contributed by atoms with van der Waals surface area (Å²) >= 11 is 0. The number of hydrogen-bond acceptors (Lipinski definition) is 7. The third-order valence-electron chi connectivity index (χ3n) is 3.02. The number of hydrogen-bond donors (Lipinski definition) is 1. The van der Waals surface area contributed by atoms with E-state index in [0.717, 1.165) is 12.8 Å². The molecule has 19 heavy (non-hydrogen) atoms. The first-order chi connectivity index (χ1) is 9.35. The Balaban J connectivity index is 1.88. The highest BCUT2D eigenvalue weighted by molar-refractivity contribution is 5.28. The van der Waals surface area contributed by atoms with Gasteiger partial charge in [-0.1, -0.05) is 0 Å². The molecule has 3 rings (SSSR count). The van der Waals surface area contributed by atoms with Crippen molar-refractivity contribution in [2.24, 2.45) is 0 Å². The quantitative estimate of drug-likeness (QED) is 0.871. The van der Waals surface area contributed by atoms with E-state index in [1.54, 1.807) is 7.05 Å². The van der Waals surface area contributed by atoms with Gasteiger partial charge in [0.05, 0.1) is 0 Å². The van der Waals surface area contributed by atoms with Gasteiger partial charge >= 0.3 is 6.01 Å². The lowest BCUT2D eigenvalue weighted by Gasteiger charge is -2.12. The van der Waals surface area contributed by atoms with Gasteiger partial charge in [-0.3, -0.25) is 0 Å². The second-order valence-electron chi connectivity index (χ2n) is 4.36. The second-order valence-corrected chi connectivity index (χ2v) is 4.36. The van der Waals surface area contributed by atoms with Crippen LogP contribution in [0.2, 0.25) is 0 Å². The van der Waals surface area contributed by atoms with Crippen molar-refractivity contribution in [1.82, 2.24) is 29.7 Å². The lowest BCUT2D eigenvalue weighted by Crippen LogP contribution is -2.15. The van der Waals surface area contributed by atoms with E-state index in [-0.39, 0.29) is 6.10 Å². The fraction of sp³-hybridized carbons (Fsp3) is 0.545. The van der Waals surface area contributed by atoms with E-state index in [9.17, 15) is 0 Å². The minimum Gasteiger partial charge on any atom is -0.460 e. The summed E-state index contributed by atoms with van der Waals surface area (Å²) in [6, 6.07) is 0.330. The molecule has 1 saturated carbocycles. The zero-order valence-corrected chi connectivity index (χ0v) is 10.7. The molecule has 1 aliphatic carbocycles. The smallest absolute Gasteiger partial charge is 0.323 e. The molecule has 0 amide bonds. The van der Waals surface area contributed by atoms with Crippen LogP contribution in [0.25, 0.3) is 5.95 Å². The monoisotopic (exact) mass is 261 g/mol. The van der Waals surface area contributed by atoms with E-state index < -0.39 is 0 Å². The topological polar surface area (TPSA) is 90.6 Å². The van der Waals surface area contributed by atoms with Gasteiger partial charge in [-0.2, -0.15) is 24.7 Å². The van der Waals surface area contributed by atoms with Crippen molar-refractivity contribution in [2.45, 2.75) is 31.8 Å². The molecule has 0 unspecified atom stereocenters. The van der Waals surface area contributed by atoms with Gasteiger partial charge in [0, 0.05) is 7.05 Å². The molecule has 0 radical (unpaired) electrons. The molecule has 2 heterocycles. The molecule has 100 valence electrons. The van der Waals surface area contributed by atoms with E-state index in [0.29, 0.717) is 17.9 Å². The highest BCUT2D eigenvalue weighted by atomic mass is 16.5. The van der Waals surface area contributed by atoms with Crippen molar-refractivity contribution in [3.05, 3.63) is 12.7 Å². The predicted octanol–water partition coefficient (Wildman–Crippen LogP) is 0.815. The van der Waals surface area contributed by atoms with Gasteiger partial charge in [0.2, 0.25) is 5.95 Å². The maximum atomic E-state index is 5.79. The number of aromatic nitrogens is 6. The number of rotatable bonds is 4. The Morgan fingerprint density at radius 3 is 2.79 bits per heavy atom. The first kappa shape index (κ1) is 11.8. The first-order valence-electron chi connectivity index (χ1n) is 6.30. The maximum absolute atomic E-state index is 5.79. The van der Waals surface area contributed by atoms with E-state index in [2.05, 4.69) is 30.4 Å². The molecule has 1 fully saturated rings. The zero-order chi connectivity index (χ0) is 13.1. The summed E-state index contributed by atoms with van der Waals surface area (Å²) in [6.45, 7) is 0. The van der Waals surface area contributed by atoms with E-state index in [4.69, 9.17) is 4.74 Å². The molecular weight excluding hydrogens is 246 g/mol. The predicted molar refractivity (Wildman–Crippen MR) is 67.2 cm³/mol. The fourth-order valence-electron chi connectivity index (χ4n) is 2.08. The Bertz CT molecular complexity index is 536. The Morgan fingerprint density at radius 1 is 1.26 bits per heavy atom. The molecule has 1 aliphatic rings. The average Bonchev–Trinajstić information content (AvgIpc) is 3.11. The molecule has 1 N–H and O–H groups in total. The molecule has 0 bridgehead atoms. The van der Waals surface area contributed by atoms with Crippen LogP contribution in [0.15, 0.2) is 12.7 Å². The molecule has 2 aromatic rings. The lowest BCUT2D eigenvalue weighted by molar-refractivity contribution is 0.191. The summed E-state index contributed by atoms with van der Waals surface area (Å²) in [4.78, 5) is 16.6. The minimum absolute atomic E-state index is 0.204. The SMILES string of the molecule is CNc1nc(OC2CCCC2)nc(-n2cncn2)n1. The van der Waals surface area contributed by atoms with Crippen LogP contribution in [0, 0.1) is 0 Å². The third kappa shape index (κ3) is 2.61. The largest absolute Gasteiger partial charge is 0.460 e. The van der Waals surface area contributed by atoms with Crippen molar-refractivity contribution in [2.75, 3.05) is 12.4 Å². The normalized spacial score (nSPS) is 15.6. The number of nitrogens with one attached hydrogen (secondary N) is 1. The molecular formula is C11H15N7O. The lowest BCUT2D eigenvalue weighted by atomic mass is 10.3. The molecule has 0 saturated heterocycles. The molecule has 0 spiro atoms. The van der Waals surface area contributed by atoms with Crippen LogP contribution < -0.4 is 10.1 Å². The van der Waals surface area contributed by atoms with Crippen LogP contribution in [0.5, 0.6) is 6.01 Å². The van der Waals surface area contributed by atoms with Crippen LogP contribution in [-0.2, 0) is 0 Å². The highest BCUT2D eigenvalue weighted by Gasteiger charge is 2.19. The molecule has 0 aliphatic heterocycles. The van der Waals surface area contributed by atoms with Crippen molar-refractivity contribution >= 4 is 5.95 Å². The van der Waals surface area contributed by atoms with Crippen LogP contribution in [0.4, 0.5) is 5.95 Å². The Hall–Kier alpha value is -2.25.